The molecule has 0 unspecified atom stereocenters. The molecule has 1 aromatic heterocycles. The van der Waals surface area contributed by atoms with Crippen LogP contribution in [0.4, 0.5) is 0 Å². The molecule has 2 aromatic rings. The highest BCUT2D eigenvalue weighted by Crippen LogP contribution is 2.26. The topological polar surface area (TPSA) is 52.3 Å². The van der Waals surface area contributed by atoms with Crippen molar-refractivity contribution in [3.05, 3.63) is 41.0 Å². The number of nitrogens with zero attached hydrogens (tertiary/aromatic N) is 1. The van der Waals surface area contributed by atoms with E-state index in [4.69, 9.17) is 16.1 Å². The van der Waals surface area contributed by atoms with Crippen molar-refractivity contribution in [3.8, 4) is 11.3 Å². The Balaban J connectivity index is 2.48. The molecule has 0 saturated carbocycles. The van der Waals surface area contributed by atoms with E-state index in [2.05, 4.69) is 9.89 Å². The summed E-state index contributed by atoms with van der Waals surface area (Å²) in [7, 11) is 1.30. The first kappa shape index (κ1) is 10.7. The molecule has 2 rings (SSSR count). The van der Waals surface area contributed by atoms with Crippen LogP contribution < -0.4 is 0 Å². The Bertz CT molecular complexity index is 521. The lowest BCUT2D eigenvalue weighted by atomic mass is 10.1. The molecule has 1 aromatic carbocycles. The summed E-state index contributed by atoms with van der Waals surface area (Å²) >= 11 is 5.85. The van der Waals surface area contributed by atoms with Crippen molar-refractivity contribution in [2.24, 2.45) is 0 Å². The number of benzene rings is 1. The number of carbonyl (C=O) groups excluding carboxylic acids is 1. The second-order valence-electron chi connectivity index (χ2n) is 3.07. The Morgan fingerprint density at radius 1 is 1.50 bits per heavy atom. The number of esters is 1. The van der Waals surface area contributed by atoms with Crippen LogP contribution >= 0.6 is 11.6 Å². The molecule has 0 N–H and O–H groups in total. The minimum atomic E-state index is -0.490. The molecule has 0 atom stereocenters. The Hall–Kier alpha value is -1.81. The van der Waals surface area contributed by atoms with E-state index in [1.807, 2.05) is 0 Å². The maximum absolute atomic E-state index is 11.4. The van der Waals surface area contributed by atoms with E-state index < -0.39 is 5.97 Å². The van der Waals surface area contributed by atoms with Crippen molar-refractivity contribution in [1.29, 1.82) is 0 Å². The molecule has 0 aliphatic rings. The van der Waals surface area contributed by atoms with Gasteiger partial charge < -0.3 is 9.26 Å². The molecule has 0 fully saturated rings. The fourth-order valence-electron chi connectivity index (χ4n) is 1.33. The summed E-state index contributed by atoms with van der Waals surface area (Å²) in [4.78, 5) is 11.4. The number of hydrogen-bond acceptors (Lipinski definition) is 4. The first-order valence-electron chi connectivity index (χ1n) is 4.51. The fourth-order valence-corrected chi connectivity index (χ4v) is 1.52. The summed E-state index contributed by atoms with van der Waals surface area (Å²) in [6.45, 7) is 0. The number of methoxy groups -OCH3 is 1. The Labute approximate surface area is 96.8 Å². The van der Waals surface area contributed by atoms with Gasteiger partial charge in [0.05, 0.1) is 13.3 Å². The summed E-state index contributed by atoms with van der Waals surface area (Å²) in [6.07, 6.45) is 1.32. The molecule has 1 heterocycles. The molecule has 0 saturated heterocycles. The molecule has 4 nitrogen and oxygen atoms in total. The third-order valence-electron chi connectivity index (χ3n) is 2.06. The van der Waals surface area contributed by atoms with E-state index in [0.717, 1.165) is 0 Å². The summed E-state index contributed by atoms with van der Waals surface area (Å²) in [5, 5.41) is 4.14. The Morgan fingerprint density at radius 2 is 2.31 bits per heavy atom. The number of aromatic nitrogens is 1. The second kappa shape index (κ2) is 4.37. The van der Waals surface area contributed by atoms with Gasteiger partial charge in [-0.25, -0.2) is 4.79 Å². The fraction of sp³-hybridized carbons (Fsp3) is 0.0909. The van der Waals surface area contributed by atoms with E-state index >= 15 is 0 Å². The van der Waals surface area contributed by atoms with Gasteiger partial charge in [0.15, 0.2) is 5.76 Å². The van der Waals surface area contributed by atoms with Gasteiger partial charge in [0.2, 0.25) is 0 Å². The molecule has 16 heavy (non-hydrogen) atoms. The van der Waals surface area contributed by atoms with Crippen molar-refractivity contribution in [2.75, 3.05) is 7.11 Å². The van der Waals surface area contributed by atoms with E-state index in [1.165, 1.54) is 13.3 Å². The van der Waals surface area contributed by atoms with E-state index in [-0.39, 0.29) is 5.56 Å². The van der Waals surface area contributed by atoms with Gasteiger partial charge in [0.1, 0.15) is 5.56 Å². The first-order chi connectivity index (χ1) is 7.72. The molecule has 0 aliphatic heterocycles. The number of hydrogen-bond donors (Lipinski definition) is 0. The van der Waals surface area contributed by atoms with Gasteiger partial charge in [-0.2, -0.15) is 0 Å². The van der Waals surface area contributed by atoms with Crippen molar-refractivity contribution >= 4 is 17.6 Å². The van der Waals surface area contributed by atoms with Crippen LogP contribution in [0.1, 0.15) is 10.4 Å². The zero-order valence-corrected chi connectivity index (χ0v) is 9.19. The SMILES string of the molecule is COC(=O)c1cnoc1-c1cccc(Cl)c1. The molecular formula is C11H8ClNO3. The monoisotopic (exact) mass is 237 g/mol. The van der Waals surface area contributed by atoms with Crippen molar-refractivity contribution in [3.63, 3.8) is 0 Å². The largest absolute Gasteiger partial charge is 0.465 e. The smallest absolute Gasteiger partial charge is 0.343 e. The third kappa shape index (κ3) is 1.92. The van der Waals surface area contributed by atoms with Gasteiger partial charge in [-0.3, -0.25) is 0 Å². The van der Waals surface area contributed by atoms with Gasteiger partial charge in [0.25, 0.3) is 0 Å². The van der Waals surface area contributed by atoms with Gasteiger partial charge in [-0.1, -0.05) is 28.9 Å². The average Bonchev–Trinajstić information content (AvgIpc) is 2.77. The van der Waals surface area contributed by atoms with Crippen molar-refractivity contribution in [1.82, 2.24) is 5.16 Å². The molecule has 0 amide bonds. The van der Waals surface area contributed by atoms with Crippen LogP contribution in [0.25, 0.3) is 11.3 Å². The molecule has 5 heteroatoms. The van der Waals surface area contributed by atoms with Crippen LogP contribution in [0, 0.1) is 0 Å². The lowest BCUT2D eigenvalue weighted by Crippen LogP contribution is -2.00. The van der Waals surface area contributed by atoms with Gasteiger partial charge in [0, 0.05) is 10.6 Å². The lowest BCUT2D eigenvalue weighted by molar-refractivity contribution is 0.0601. The lowest BCUT2D eigenvalue weighted by Gasteiger charge is -1.99. The predicted octanol–water partition coefficient (Wildman–Crippen LogP) is 2.78. The van der Waals surface area contributed by atoms with Crippen LogP contribution in [-0.4, -0.2) is 18.2 Å². The van der Waals surface area contributed by atoms with Gasteiger partial charge in [-0.05, 0) is 12.1 Å². The molecule has 0 radical (unpaired) electrons. The molecule has 0 aliphatic carbocycles. The number of ether oxygens (including phenoxy) is 1. The summed E-state index contributed by atoms with van der Waals surface area (Å²) < 4.78 is 9.63. The summed E-state index contributed by atoms with van der Waals surface area (Å²) in [6, 6.07) is 6.97. The number of halogens is 1. The molecule has 0 bridgehead atoms. The quantitative estimate of drug-likeness (QED) is 0.754. The Kier molecular flexibility index (Phi) is 2.92. The van der Waals surface area contributed by atoms with Gasteiger partial charge >= 0.3 is 5.97 Å². The van der Waals surface area contributed by atoms with Crippen LogP contribution in [-0.2, 0) is 4.74 Å². The normalized spacial score (nSPS) is 10.1. The van der Waals surface area contributed by atoms with Crippen LogP contribution in [0.15, 0.2) is 35.0 Å². The minimum absolute atomic E-state index is 0.282. The van der Waals surface area contributed by atoms with Gasteiger partial charge in [-0.15, -0.1) is 0 Å². The molecular weight excluding hydrogens is 230 g/mol. The van der Waals surface area contributed by atoms with Crippen LogP contribution in [0.2, 0.25) is 5.02 Å². The number of rotatable bonds is 2. The standard InChI is InChI=1S/C11H8ClNO3/c1-15-11(14)9-6-13-16-10(9)7-3-2-4-8(12)5-7/h2-6H,1H3. The minimum Gasteiger partial charge on any atom is -0.465 e. The molecule has 0 spiro atoms. The van der Waals surface area contributed by atoms with Crippen molar-refractivity contribution in [2.45, 2.75) is 0 Å². The maximum atomic E-state index is 11.4. The highest BCUT2D eigenvalue weighted by molar-refractivity contribution is 6.30. The third-order valence-corrected chi connectivity index (χ3v) is 2.30. The molecule has 82 valence electrons. The van der Waals surface area contributed by atoms with Crippen LogP contribution in [0.5, 0.6) is 0 Å². The van der Waals surface area contributed by atoms with Crippen LogP contribution in [0.3, 0.4) is 0 Å². The summed E-state index contributed by atoms with van der Waals surface area (Å²) in [5.74, 6) is -0.134. The number of carbonyl (C=O) groups is 1. The van der Waals surface area contributed by atoms with E-state index in [9.17, 15) is 4.79 Å². The second-order valence-corrected chi connectivity index (χ2v) is 3.51. The highest BCUT2D eigenvalue weighted by atomic mass is 35.5. The summed E-state index contributed by atoms with van der Waals surface area (Å²) in [5.41, 5.74) is 0.968. The van der Waals surface area contributed by atoms with E-state index in [1.54, 1.807) is 24.3 Å². The highest BCUT2D eigenvalue weighted by Gasteiger charge is 2.18. The average molecular weight is 238 g/mol. The zero-order valence-electron chi connectivity index (χ0n) is 8.44. The zero-order chi connectivity index (χ0) is 11.5. The van der Waals surface area contributed by atoms with E-state index in [0.29, 0.717) is 16.3 Å². The maximum Gasteiger partial charge on any atom is 0.343 e. The Morgan fingerprint density at radius 3 is 3.00 bits per heavy atom. The first-order valence-corrected chi connectivity index (χ1v) is 4.89. The van der Waals surface area contributed by atoms with Crippen molar-refractivity contribution < 1.29 is 14.1 Å². The predicted molar refractivity (Wildman–Crippen MR) is 58.3 cm³/mol.